The van der Waals surface area contributed by atoms with Crippen LogP contribution in [0.1, 0.15) is 52.3 Å². The number of benzene rings is 1. The number of nitrogens with two attached hydrogens (primary N) is 1. The number of nitrogens with zero attached hydrogens (tertiary/aromatic N) is 5. The number of nitrogens with one attached hydrogen (secondary N) is 1. The number of piperidine rings is 1. The maximum atomic E-state index is 13.7. The van der Waals surface area contributed by atoms with Gasteiger partial charge in [0.05, 0.1) is 34.8 Å². The summed E-state index contributed by atoms with van der Waals surface area (Å²) in [4.78, 5) is 43.0. The third-order valence-electron chi connectivity index (χ3n) is 7.31. The largest absolute Gasteiger partial charge is 0.434 e. The van der Waals surface area contributed by atoms with Gasteiger partial charge in [-0.2, -0.15) is 5.26 Å². The number of rotatable bonds is 9. The highest BCUT2D eigenvalue weighted by Crippen LogP contribution is 2.30. The van der Waals surface area contributed by atoms with Gasteiger partial charge in [0, 0.05) is 30.4 Å². The number of carbonyl (C=O) groups excluding carboxylic acids is 2. The summed E-state index contributed by atoms with van der Waals surface area (Å²) < 4.78 is 7.02. The van der Waals surface area contributed by atoms with Gasteiger partial charge < -0.3 is 14.7 Å². The fourth-order valence-corrected chi connectivity index (χ4v) is 5.30. The molecule has 39 heavy (non-hydrogen) atoms. The van der Waals surface area contributed by atoms with Gasteiger partial charge in [-0.25, -0.2) is 9.89 Å². The molecule has 4 aromatic rings. The van der Waals surface area contributed by atoms with E-state index in [1.54, 1.807) is 18.3 Å². The quantitative estimate of drug-likeness (QED) is 0.313. The lowest BCUT2D eigenvalue weighted by molar-refractivity contribution is -0.117. The van der Waals surface area contributed by atoms with Crippen molar-refractivity contribution in [1.82, 2.24) is 24.6 Å². The molecule has 0 saturated carbocycles. The number of Topliss-reactive ketones (excluding diaryl/α,β-unsaturated/α-hetero) is 1. The molecule has 1 fully saturated rings. The molecule has 0 bridgehead atoms. The van der Waals surface area contributed by atoms with Gasteiger partial charge in [0.1, 0.15) is 0 Å². The summed E-state index contributed by atoms with van der Waals surface area (Å²) >= 11 is 0. The summed E-state index contributed by atoms with van der Waals surface area (Å²) in [6.07, 6.45) is 4.70. The average molecular weight is 528 g/mol. The number of aryl methyl sites for hydroxylation is 1. The van der Waals surface area contributed by atoms with E-state index in [9.17, 15) is 19.6 Å². The van der Waals surface area contributed by atoms with Gasteiger partial charge in [0.25, 0.3) is 0 Å². The summed E-state index contributed by atoms with van der Waals surface area (Å²) in [6.45, 7) is 3.68. The molecule has 0 radical (unpaired) electrons. The second kappa shape index (κ2) is 11.0. The van der Waals surface area contributed by atoms with Crippen molar-refractivity contribution in [3.05, 3.63) is 75.4 Å². The van der Waals surface area contributed by atoms with Crippen molar-refractivity contribution in [2.75, 3.05) is 19.6 Å². The standard InChI is InChI=1S/C28H29N7O4/c1-17-26(23(36)16-34-10-8-18(9-11-34)13-25-32-33-28(38)39-25)27-22(12-20(15-31-27)4-7-24(30)37)35(17)21-5-2-19(14-29)3-6-21/h2-3,5-6,12,15,18H,4,7-11,13,16H2,1H3,(H2,30,37)(H,33,38). The minimum atomic E-state index is -0.544. The number of aromatic nitrogens is 4. The van der Waals surface area contributed by atoms with E-state index in [0.29, 0.717) is 41.3 Å². The number of carbonyl (C=O) groups is 2. The van der Waals surface area contributed by atoms with Crippen molar-refractivity contribution in [2.45, 2.75) is 39.0 Å². The van der Waals surface area contributed by atoms with E-state index in [1.807, 2.05) is 29.7 Å². The Morgan fingerprint density at radius 3 is 2.62 bits per heavy atom. The van der Waals surface area contributed by atoms with Crippen LogP contribution in [0.25, 0.3) is 16.7 Å². The van der Waals surface area contributed by atoms with Crippen molar-refractivity contribution >= 4 is 22.7 Å². The van der Waals surface area contributed by atoms with Crippen molar-refractivity contribution < 1.29 is 14.0 Å². The molecular weight excluding hydrogens is 498 g/mol. The summed E-state index contributed by atoms with van der Waals surface area (Å²) in [5.41, 5.74) is 10.3. The Morgan fingerprint density at radius 1 is 1.23 bits per heavy atom. The van der Waals surface area contributed by atoms with Crippen LogP contribution in [0.5, 0.6) is 0 Å². The third-order valence-corrected chi connectivity index (χ3v) is 7.31. The molecule has 0 atom stereocenters. The van der Waals surface area contributed by atoms with E-state index in [0.717, 1.165) is 48.4 Å². The molecular formula is C28H29N7O4. The van der Waals surface area contributed by atoms with E-state index in [1.165, 1.54) is 0 Å². The Bertz CT molecular complexity index is 1620. The first-order chi connectivity index (χ1) is 18.8. The molecule has 0 aliphatic carbocycles. The number of nitriles is 1. The van der Waals surface area contributed by atoms with Crippen LogP contribution < -0.4 is 11.5 Å². The van der Waals surface area contributed by atoms with E-state index in [4.69, 9.17) is 10.2 Å². The van der Waals surface area contributed by atoms with Crippen LogP contribution in [-0.2, 0) is 17.6 Å². The monoisotopic (exact) mass is 527 g/mol. The summed E-state index contributed by atoms with van der Waals surface area (Å²) in [6, 6.07) is 11.3. The highest BCUT2D eigenvalue weighted by atomic mass is 16.4. The molecule has 11 heteroatoms. The van der Waals surface area contributed by atoms with Crippen molar-refractivity contribution in [1.29, 1.82) is 5.26 Å². The summed E-state index contributed by atoms with van der Waals surface area (Å²) in [5, 5.41) is 15.4. The number of aromatic amines is 1. The molecule has 4 heterocycles. The lowest BCUT2D eigenvalue weighted by atomic mass is 9.93. The number of H-pyrrole nitrogens is 1. The number of ketones is 1. The first kappa shape index (κ1) is 26.1. The number of pyridine rings is 1. The maximum Gasteiger partial charge on any atom is 0.434 e. The van der Waals surface area contributed by atoms with Crippen LogP contribution in [0.3, 0.4) is 0 Å². The smallest absolute Gasteiger partial charge is 0.392 e. The Labute approximate surface area is 224 Å². The highest BCUT2D eigenvalue weighted by Gasteiger charge is 2.27. The highest BCUT2D eigenvalue weighted by molar-refractivity contribution is 6.09. The predicted molar refractivity (Wildman–Crippen MR) is 142 cm³/mol. The molecule has 5 rings (SSSR count). The topological polar surface area (TPSA) is 164 Å². The Morgan fingerprint density at radius 2 is 1.97 bits per heavy atom. The van der Waals surface area contributed by atoms with E-state index >= 15 is 0 Å². The van der Waals surface area contributed by atoms with Crippen LogP contribution in [-0.4, -0.2) is 56.0 Å². The summed E-state index contributed by atoms with van der Waals surface area (Å²) in [7, 11) is 0. The Kier molecular flexibility index (Phi) is 7.38. The summed E-state index contributed by atoms with van der Waals surface area (Å²) in [5.74, 6) is -0.191. The normalized spacial score (nSPS) is 14.5. The molecule has 3 N–H and O–H groups in total. The van der Waals surface area contributed by atoms with Gasteiger partial charge in [0.2, 0.25) is 11.8 Å². The van der Waals surface area contributed by atoms with E-state index in [-0.39, 0.29) is 24.7 Å². The van der Waals surface area contributed by atoms with Crippen molar-refractivity contribution in [2.24, 2.45) is 11.7 Å². The SMILES string of the molecule is Cc1c(C(=O)CN2CCC(Cc3n[nH]c(=O)o3)CC2)c2ncc(CCC(N)=O)cc2n1-c1ccc(C#N)cc1. The number of likely N-dealkylation sites (tertiary alicyclic amines) is 1. The van der Waals surface area contributed by atoms with Crippen LogP contribution in [0.15, 0.2) is 45.7 Å². The number of fused-ring (bicyclic) bond motifs is 1. The average Bonchev–Trinajstić information content (AvgIpc) is 3.47. The van der Waals surface area contributed by atoms with Crippen LogP contribution in [0.4, 0.5) is 0 Å². The zero-order chi connectivity index (χ0) is 27.5. The minimum absolute atomic E-state index is 0.0148. The van der Waals surface area contributed by atoms with Crippen molar-refractivity contribution in [3.63, 3.8) is 0 Å². The molecule has 3 aromatic heterocycles. The molecule has 1 aliphatic rings. The third kappa shape index (κ3) is 5.66. The number of primary amides is 1. The van der Waals surface area contributed by atoms with Gasteiger partial charge in [0.15, 0.2) is 5.78 Å². The number of amides is 1. The Hall–Kier alpha value is -4.56. The van der Waals surface area contributed by atoms with Crippen molar-refractivity contribution in [3.8, 4) is 11.8 Å². The molecule has 1 saturated heterocycles. The molecule has 0 spiro atoms. The zero-order valence-electron chi connectivity index (χ0n) is 21.6. The van der Waals surface area contributed by atoms with Crippen LogP contribution in [0.2, 0.25) is 0 Å². The minimum Gasteiger partial charge on any atom is -0.392 e. The van der Waals surface area contributed by atoms with Gasteiger partial charge in [-0.05, 0) is 81.1 Å². The first-order valence-corrected chi connectivity index (χ1v) is 12.9. The molecule has 1 aromatic carbocycles. The first-order valence-electron chi connectivity index (χ1n) is 12.9. The molecule has 0 unspecified atom stereocenters. The number of hydrogen-bond acceptors (Lipinski definition) is 8. The zero-order valence-corrected chi connectivity index (χ0v) is 21.6. The van der Waals surface area contributed by atoms with E-state index in [2.05, 4.69) is 26.2 Å². The molecule has 1 amide bonds. The fourth-order valence-electron chi connectivity index (χ4n) is 5.30. The number of hydrogen-bond donors (Lipinski definition) is 2. The Balaban J connectivity index is 1.40. The predicted octanol–water partition coefficient (Wildman–Crippen LogP) is 2.44. The second-order valence-electron chi connectivity index (χ2n) is 9.99. The van der Waals surface area contributed by atoms with Gasteiger partial charge in [-0.1, -0.05) is 0 Å². The maximum absolute atomic E-state index is 13.7. The molecule has 1 aliphatic heterocycles. The van der Waals surface area contributed by atoms with Crippen LogP contribution in [0, 0.1) is 24.2 Å². The van der Waals surface area contributed by atoms with Gasteiger partial charge in [-0.3, -0.25) is 19.5 Å². The van der Waals surface area contributed by atoms with Gasteiger partial charge >= 0.3 is 5.76 Å². The fraction of sp³-hybridized carbons (Fsp3) is 0.357. The van der Waals surface area contributed by atoms with E-state index < -0.39 is 5.76 Å². The molecule has 200 valence electrons. The molecule has 11 nitrogen and oxygen atoms in total. The lowest BCUT2D eigenvalue weighted by Crippen LogP contribution is -2.38. The lowest BCUT2D eigenvalue weighted by Gasteiger charge is -2.30. The van der Waals surface area contributed by atoms with Crippen LogP contribution >= 0.6 is 0 Å². The second-order valence-corrected chi connectivity index (χ2v) is 9.99. The van der Waals surface area contributed by atoms with Gasteiger partial charge in [-0.15, -0.1) is 5.10 Å².